The van der Waals surface area contributed by atoms with Crippen molar-refractivity contribution in [3.05, 3.63) is 46.2 Å². The molecular weight excluding hydrogens is 310 g/mol. The Labute approximate surface area is 140 Å². The van der Waals surface area contributed by atoms with E-state index in [9.17, 15) is 10.1 Å². The van der Waals surface area contributed by atoms with E-state index in [2.05, 4.69) is 17.1 Å². The van der Waals surface area contributed by atoms with Gasteiger partial charge in [-0.15, -0.1) is 0 Å². The Morgan fingerprint density at radius 3 is 2.96 bits per heavy atom. The molecule has 1 saturated heterocycles. The standard InChI is InChI=1S/C17H21N3O4/c1-12-10-19(8-7-18-12)11-14-4-6-17(24-14)15-5-3-13(23-2)9-16(15)20(21)22/h3-6,9,12,18H,7-8,10-11H2,1-2H3/t12-/m0/s1. The Morgan fingerprint density at radius 2 is 2.25 bits per heavy atom. The molecule has 7 heteroatoms. The van der Waals surface area contributed by atoms with E-state index >= 15 is 0 Å². The largest absolute Gasteiger partial charge is 0.497 e. The van der Waals surface area contributed by atoms with Gasteiger partial charge in [-0.2, -0.15) is 0 Å². The zero-order valence-corrected chi connectivity index (χ0v) is 13.8. The van der Waals surface area contributed by atoms with E-state index in [0.29, 0.717) is 29.7 Å². The molecule has 3 rings (SSSR count). The average molecular weight is 331 g/mol. The van der Waals surface area contributed by atoms with E-state index in [1.54, 1.807) is 18.2 Å². The van der Waals surface area contributed by atoms with Crippen LogP contribution in [0.1, 0.15) is 12.7 Å². The Kier molecular flexibility index (Phi) is 4.82. The maximum atomic E-state index is 11.3. The number of benzene rings is 1. The van der Waals surface area contributed by atoms with Gasteiger partial charge in [0.25, 0.3) is 5.69 Å². The molecule has 1 aromatic heterocycles. The molecule has 1 aromatic carbocycles. The maximum absolute atomic E-state index is 11.3. The first-order valence-electron chi connectivity index (χ1n) is 7.94. The molecular formula is C17H21N3O4. The maximum Gasteiger partial charge on any atom is 0.284 e. The molecule has 7 nitrogen and oxygen atoms in total. The molecule has 0 amide bonds. The molecule has 1 N–H and O–H groups in total. The molecule has 0 unspecified atom stereocenters. The Morgan fingerprint density at radius 1 is 1.42 bits per heavy atom. The molecule has 1 aliphatic rings. The fourth-order valence-corrected chi connectivity index (χ4v) is 2.98. The molecule has 0 radical (unpaired) electrons. The van der Waals surface area contributed by atoms with Crippen LogP contribution in [0.25, 0.3) is 11.3 Å². The summed E-state index contributed by atoms with van der Waals surface area (Å²) < 4.78 is 10.9. The zero-order chi connectivity index (χ0) is 17.1. The number of nitrogens with zero attached hydrogens (tertiary/aromatic N) is 2. The van der Waals surface area contributed by atoms with E-state index in [-0.39, 0.29) is 5.69 Å². The van der Waals surface area contributed by atoms with Crippen LogP contribution in [0.2, 0.25) is 0 Å². The monoisotopic (exact) mass is 331 g/mol. The molecule has 24 heavy (non-hydrogen) atoms. The second-order valence-corrected chi connectivity index (χ2v) is 6.00. The summed E-state index contributed by atoms with van der Waals surface area (Å²) in [7, 11) is 1.48. The second kappa shape index (κ2) is 7.02. The van der Waals surface area contributed by atoms with Gasteiger partial charge >= 0.3 is 0 Å². The van der Waals surface area contributed by atoms with Crippen molar-refractivity contribution in [3.63, 3.8) is 0 Å². The van der Waals surface area contributed by atoms with E-state index in [1.807, 2.05) is 6.07 Å². The third-order valence-electron chi connectivity index (χ3n) is 4.16. The fourth-order valence-electron chi connectivity index (χ4n) is 2.98. The summed E-state index contributed by atoms with van der Waals surface area (Å²) in [5, 5.41) is 14.7. The number of hydrogen-bond acceptors (Lipinski definition) is 6. The highest BCUT2D eigenvalue weighted by atomic mass is 16.6. The highest BCUT2D eigenvalue weighted by Gasteiger charge is 2.21. The summed E-state index contributed by atoms with van der Waals surface area (Å²) in [5.41, 5.74) is 0.437. The van der Waals surface area contributed by atoms with Crippen LogP contribution in [0.4, 0.5) is 5.69 Å². The average Bonchev–Trinajstić information content (AvgIpc) is 3.02. The highest BCUT2D eigenvalue weighted by molar-refractivity contribution is 5.71. The molecule has 2 aromatic rings. The normalized spacial score (nSPS) is 18.5. The second-order valence-electron chi connectivity index (χ2n) is 6.00. The Balaban J connectivity index is 1.81. The van der Waals surface area contributed by atoms with Crippen molar-refractivity contribution in [2.45, 2.75) is 19.5 Å². The summed E-state index contributed by atoms with van der Waals surface area (Å²) >= 11 is 0. The molecule has 0 saturated carbocycles. The summed E-state index contributed by atoms with van der Waals surface area (Å²) in [6, 6.07) is 8.90. The quantitative estimate of drug-likeness (QED) is 0.670. The number of rotatable bonds is 5. The summed E-state index contributed by atoms with van der Waals surface area (Å²) in [4.78, 5) is 13.2. The lowest BCUT2D eigenvalue weighted by Crippen LogP contribution is -2.48. The zero-order valence-electron chi connectivity index (χ0n) is 13.8. The van der Waals surface area contributed by atoms with Gasteiger partial charge in [-0.25, -0.2) is 0 Å². The van der Waals surface area contributed by atoms with Gasteiger partial charge in [0, 0.05) is 25.7 Å². The summed E-state index contributed by atoms with van der Waals surface area (Å²) in [5.74, 6) is 1.76. The molecule has 0 bridgehead atoms. The van der Waals surface area contributed by atoms with Crippen LogP contribution in [-0.2, 0) is 6.54 Å². The number of furan rings is 1. The molecule has 0 spiro atoms. The number of piperazine rings is 1. The number of nitrogens with one attached hydrogen (secondary N) is 1. The molecule has 1 atom stereocenters. The first-order valence-corrected chi connectivity index (χ1v) is 7.94. The predicted molar refractivity (Wildman–Crippen MR) is 90.1 cm³/mol. The Hall–Kier alpha value is -2.38. The number of methoxy groups -OCH3 is 1. The van der Waals surface area contributed by atoms with Crippen molar-refractivity contribution in [1.82, 2.24) is 10.2 Å². The van der Waals surface area contributed by atoms with E-state index in [0.717, 1.165) is 25.4 Å². The number of nitro benzene ring substituents is 1. The molecule has 0 aliphatic carbocycles. The van der Waals surface area contributed by atoms with Crippen molar-refractivity contribution >= 4 is 5.69 Å². The van der Waals surface area contributed by atoms with Crippen LogP contribution in [0.5, 0.6) is 5.75 Å². The fraction of sp³-hybridized carbons (Fsp3) is 0.412. The van der Waals surface area contributed by atoms with Crippen LogP contribution in [0.3, 0.4) is 0 Å². The van der Waals surface area contributed by atoms with E-state index in [1.165, 1.54) is 13.2 Å². The van der Waals surface area contributed by atoms with Crippen molar-refractivity contribution in [3.8, 4) is 17.1 Å². The number of ether oxygens (including phenoxy) is 1. The minimum Gasteiger partial charge on any atom is -0.497 e. The number of nitro groups is 1. The molecule has 128 valence electrons. The van der Waals surface area contributed by atoms with Gasteiger partial charge in [0.15, 0.2) is 0 Å². The van der Waals surface area contributed by atoms with Crippen molar-refractivity contribution < 1.29 is 14.1 Å². The molecule has 1 aliphatic heterocycles. The van der Waals surface area contributed by atoms with Crippen LogP contribution in [-0.4, -0.2) is 42.6 Å². The van der Waals surface area contributed by atoms with Crippen molar-refractivity contribution in [2.75, 3.05) is 26.7 Å². The summed E-state index contributed by atoms with van der Waals surface area (Å²) in [6.45, 7) is 5.73. The van der Waals surface area contributed by atoms with Crippen LogP contribution < -0.4 is 10.1 Å². The minimum atomic E-state index is -0.419. The van der Waals surface area contributed by atoms with Gasteiger partial charge in [0.05, 0.1) is 30.2 Å². The lowest BCUT2D eigenvalue weighted by molar-refractivity contribution is -0.384. The van der Waals surface area contributed by atoms with E-state index in [4.69, 9.17) is 9.15 Å². The van der Waals surface area contributed by atoms with Gasteiger partial charge < -0.3 is 14.5 Å². The first kappa shape index (κ1) is 16.5. The lowest BCUT2D eigenvalue weighted by atomic mass is 10.1. The predicted octanol–water partition coefficient (Wildman–Crippen LogP) is 2.66. The van der Waals surface area contributed by atoms with Gasteiger partial charge in [-0.05, 0) is 31.2 Å². The lowest BCUT2D eigenvalue weighted by Gasteiger charge is -2.31. The first-order chi connectivity index (χ1) is 11.6. The van der Waals surface area contributed by atoms with Crippen LogP contribution in [0.15, 0.2) is 34.7 Å². The topological polar surface area (TPSA) is 80.8 Å². The van der Waals surface area contributed by atoms with Gasteiger partial charge in [0.1, 0.15) is 17.3 Å². The molecule has 1 fully saturated rings. The highest BCUT2D eigenvalue weighted by Crippen LogP contribution is 2.34. The van der Waals surface area contributed by atoms with Crippen LogP contribution >= 0.6 is 0 Å². The minimum absolute atomic E-state index is 0.0222. The van der Waals surface area contributed by atoms with Crippen molar-refractivity contribution in [2.24, 2.45) is 0 Å². The van der Waals surface area contributed by atoms with Crippen molar-refractivity contribution in [1.29, 1.82) is 0 Å². The van der Waals surface area contributed by atoms with Crippen LogP contribution in [0, 0.1) is 10.1 Å². The number of hydrogen-bond donors (Lipinski definition) is 1. The third-order valence-corrected chi connectivity index (χ3v) is 4.16. The van der Waals surface area contributed by atoms with Gasteiger partial charge in [-0.3, -0.25) is 15.0 Å². The third kappa shape index (κ3) is 3.58. The smallest absolute Gasteiger partial charge is 0.284 e. The SMILES string of the molecule is COc1ccc(-c2ccc(CN3CCN[C@@H](C)C3)o2)c([N+](=O)[O-])c1. The van der Waals surface area contributed by atoms with Gasteiger partial charge in [-0.1, -0.05) is 0 Å². The van der Waals surface area contributed by atoms with Gasteiger partial charge in [0.2, 0.25) is 0 Å². The summed E-state index contributed by atoms with van der Waals surface area (Å²) in [6.07, 6.45) is 0. The van der Waals surface area contributed by atoms with E-state index < -0.39 is 4.92 Å². The molecule has 2 heterocycles. The Bertz CT molecular complexity index is 728.